The van der Waals surface area contributed by atoms with Gasteiger partial charge >= 0.3 is 0 Å². The smallest absolute Gasteiger partial charge is 0.289 e. The summed E-state index contributed by atoms with van der Waals surface area (Å²) in [7, 11) is 0. The van der Waals surface area contributed by atoms with Gasteiger partial charge in [-0.3, -0.25) is 10.1 Å². The van der Waals surface area contributed by atoms with Crippen LogP contribution in [-0.4, -0.2) is 22.0 Å². The molecule has 1 aliphatic rings. The lowest BCUT2D eigenvalue weighted by molar-refractivity contribution is -0.385. The van der Waals surface area contributed by atoms with Crippen molar-refractivity contribution in [3.05, 3.63) is 33.9 Å². The predicted molar refractivity (Wildman–Crippen MR) is 81.0 cm³/mol. The highest BCUT2D eigenvalue weighted by Gasteiger charge is 2.25. The minimum atomic E-state index is -0.506. The summed E-state index contributed by atoms with van der Waals surface area (Å²) in [4.78, 5) is 10.4. The van der Waals surface area contributed by atoms with E-state index in [4.69, 9.17) is 5.26 Å². The van der Waals surface area contributed by atoms with Crippen molar-refractivity contribution < 1.29 is 4.92 Å². The van der Waals surface area contributed by atoms with E-state index in [0.29, 0.717) is 11.3 Å². The molecule has 1 saturated carbocycles. The van der Waals surface area contributed by atoms with Crippen molar-refractivity contribution in [3.63, 3.8) is 0 Å². The summed E-state index contributed by atoms with van der Waals surface area (Å²) in [6.45, 7) is 2.16. The Kier molecular flexibility index (Phi) is 4.85. The van der Waals surface area contributed by atoms with Gasteiger partial charge < -0.3 is 5.32 Å². The van der Waals surface area contributed by atoms with Gasteiger partial charge in [0.1, 0.15) is 11.6 Å². The number of nitrogens with one attached hydrogen (secondary N) is 1. The largest absolute Gasteiger partial charge is 0.382 e. The second kappa shape index (κ2) is 6.62. The Balaban J connectivity index is 2.06. The first-order valence-corrected chi connectivity index (χ1v) is 7.75. The van der Waals surface area contributed by atoms with Crippen LogP contribution in [-0.2, 0) is 0 Å². The summed E-state index contributed by atoms with van der Waals surface area (Å²) in [6, 6.07) is 6.92. The van der Waals surface area contributed by atoms with Crippen molar-refractivity contribution in [3.8, 4) is 6.07 Å². The van der Waals surface area contributed by atoms with Crippen molar-refractivity contribution >= 4 is 23.1 Å². The Morgan fingerprint density at radius 1 is 1.55 bits per heavy atom. The lowest BCUT2D eigenvalue weighted by Gasteiger charge is -2.14. The molecule has 0 radical (unpaired) electrons. The summed E-state index contributed by atoms with van der Waals surface area (Å²) in [5, 5.41) is 23.8. The zero-order valence-electron chi connectivity index (χ0n) is 11.3. The van der Waals surface area contributed by atoms with Gasteiger partial charge in [0.2, 0.25) is 0 Å². The molecule has 0 aromatic heterocycles. The van der Waals surface area contributed by atoms with Crippen molar-refractivity contribution in [2.45, 2.75) is 37.5 Å². The van der Waals surface area contributed by atoms with Gasteiger partial charge in [-0.05, 0) is 37.1 Å². The Morgan fingerprint density at radius 3 is 3.00 bits per heavy atom. The molecule has 1 N–H and O–H groups in total. The lowest BCUT2D eigenvalue weighted by atomic mass is 10.1. The van der Waals surface area contributed by atoms with Crippen molar-refractivity contribution in [1.82, 2.24) is 0 Å². The number of benzene rings is 1. The fraction of sp³-hybridized carbons (Fsp3) is 0.500. The van der Waals surface area contributed by atoms with Crippen LogP contribution in [0.15, 0.2) is 18.2 Å². The first-order valence-electron chi connectivity index (χ1n) is 6.70. The van der Waals surface area contributed by atoms with E-state index in [2.05, 4.69) is 12.2 Å². The van der Waals surface area contributed by atoms with Gasteiger partial charge in [-0.2, -0.15) is 17.0 Å². The number of nitrogens with zero attached hydrogens (tertiary/aromatic N) is 2. The molecule has 1 aromatic rings. The van der Waals surface area contributed by atoms with Crippen LogP contribution in [0.1, 0.15) is 31.7 Å². The molecular weight excluding hydrogens is 274 g/mol. The van der Waals surface area contributed by atoms with E-state index in [9.17, 15) is 10.1 Å². The maximum absolute atomic E-state index is 10.9. The van der Waals surface area contributed by atoms with E-state index < -0.39 is 4.92 Å². The monoisotopic (exact) mass is 291 g/mol. The highest BCUT2D eigenvalue weighted by atomic mass is 32.2. The highest BCUT2D eigenvalue weighted by molar-refractivity contribution is 7.99. The van der Waals surface area contributed by atoms with Crippen molar-refractivity contribution in [1.29, 1.82) is 5.26 Å². The molecule has 0 aliphatic heterocycles. The van der Waals surface area contributed by atoms with Gasteiger partial charge in [0, 0.05) is 23.0 Å². The maximum Gasteiger partial charge on any atom is 0.289 e. The van der Waals surface area contributed by atoms with Crippen LogP contribution in [0.4, 0.5) is 11.4 Å². The number of nitro groups is 1. The summed E-state index contributed by atoms with van der Waals surface area (Å²) in [5.74, 6) is 1.12. The molecule has 2 unspecified atom stereocenters. The average molecular weight is 291 g/mol. The van der Waals surface area contributed by atoms with Crippen LogP contribution in [0.5, 0.6) is 0 Å². The van der Waals surface area contributed by atoms with Crippen LogP contribution < -0.4 is 5.32 Å². The molecule has 5 nitrogen and oxygen atoms in total. The normalized spacial score (nSPS) is 21.4. The van der Waals surface area contributed by atoms with E-state index in [1.54, 1.807) is 6.07 Å². The van der Waals surface area contributed by atoms with Crippen LogP contribution >= 0.6 is 11.8 Å². The second-order valence-electron chi connectivity index (χ2n) is 4.83. The molecule has 6 heteroatoms. The summed E-state index contributed by atoms with van der Waals surface area (Å²) in [6.07, 6.45) is 3.37. The molecule has 106 valence electrons. The third kappa shape index (κ3) is 3.42. The molecule has 2 rings (SSSR count). The Morgan fingerprint density at radius 2 is 2.35 bits per heavy atom. The van der Waals surface area contributed by atoms with Gasteiger partial charge in [-0.15, -0.1) is 0 Å². The third-order valence-electron chi connectivity index (χ3n) is 3.47. The predicted octanol–water partition coefficient (Wildman–Crippen LogP) is 3.55. The minimum absolute atomic E-state index is 0.103. The average Bonchev–Trinajstić information content (AvgIpc) is 2.86. The van der Waals surface area contributed by atoms with Crippen molar-refractivity contribution in [2.75, 3.05) is 11.1 Å². The summed E-state index contributed by atoms with van der Waals surface area (Å²) < 4.78 is 0. The molecule has 0 spiro atoms. The molecule has 1 aromatic carbocycles. The van der Waals surface area contributed by atoms with Crippen LogP contribution in [0, 0.1) is 21.4 Å². The number of anilines is 1. The number of rotatable bonds is 5. The Bertz CT molecular complexity index is 542. The number of nitriles is 1. The van der Waals surface area contributed by atoms with E-state index in [-0.39, 0.29) is 11.3 Å². The minimum Gasteiger partial charge on any atom is -0.382 e. The van der Waals surface area contributed by atoms with E-state index >= 15 is 0 Å². The third-order valence-corrected chi connectivity index (χ3v) is 4.71. The first-order chi connectivity index (χ1) is 9.63. The summed E-state index contributed by atoms with van der Waals surface area (Å²) in [5.41, 5.74) is 0.698. The molecule has 1 fully saturated rings. The van der Waals surface area contributed by atoms with E-state index in [1.165, 1.54) is 18.6 Å². The van der Waals surface area contributed by atoms with Crippen molar-refractivity contribution in [2.24, 2.45) is 0 Å². The number of hydrogen-bond acceptors (Lipinski definition) is 5. The zero-order chi connectivity index (χ0) is 14.5. The van der Waals surface area contributed by atoms with E-state index in [0.717, 1.165) is 24.3 Å². The second-order valence-corrected chi connectivity index (χ2v) is 6.41. The van der Waals surface area contributed by atoms with Crippen LogP contribution in [0.2, 0.25) is 0 Å². The number of hydrogen-bond donors (Lipinski definition) is 1. The highest BCUT2D eigenvalue weighted by Crippen LogP contribution is 2.32. The number of thioether (sulfide) groups is 1. The molecule has 0 saturated heterocycles. The summed E-state index contributed by atoms with van der Waals surface area (Å²) >= 11 is 1.98. The molecule has 0 heterocycles. The fourth-order valence-corrected chi connectivity index (χ4v) is 3.70. The molecule has 0 bridgehead atoms. The van der Waals surface area contributed by atoms with E-state index in [1.807, 2.05) is 17.8 Å². The SMILES string of the molecule is CCSC1CCC(Nc2ccc(C#N)c([N+](=O)[O-])c2)C1. The van der Waals surface area contributed by atoms with Crippen LogP contribution in [0.25, 0.3) is 0 Å². The molecule has 1 aliphatic carbocycles. The standard InChI is InChI=1S/C14H17N3O2S/c1-2-20-13-6-5-11(7-13)16-12-4-3-10(9-15)14(8-12)17(18)19/h3-4,8,11,13,16H,2,5-7H2,1H3. The van der Waals surface area contributed by atoms with Gasteiger partial charge in [0.15, 0.2) is 0 Å². The Hall–Kier alpha value is -1.74. The first kappa shape index (κ1) is 14.7. The maximum atomic E-state index is 10.9. The number of nitro benzene ring substituents is 1. The Labute approximate surface area is 122 Å². The molecule has 0 amide bonds. The molecule has 2 atom stereocenters. The van der Waals surface area contributed by atoms with Gasteiger partial charge in [0.05, 0.1) is 4.92 Å². The van der Waals surface area contributed by atoms with Gasteiger partial charge in [0.25, 0.3) is 5.69 Å². The fourth-order valence-electron chi connectivity index (χ4n) is 2.56. The molecule has 20 heavy (non-hydrogen) atoms. The van der Waals surface area contributed by atoms with Gasteiger partial charge in [-0.25, -0.2) is 0 Å². The quantitative estimate of drug-likeness (QED) is 0.663. The lowest BCUT2D eigenvalue weighted by Crippen LogP contribution is -2.16. The topological polar surface area (TPSA) is 79.0 Å². The van der Waals surface area contributed by atoms with Crippen LogP contribution in [0.3, 0.4) is 0 Å². The molecular formula is C14H17N3O2S. The zero-order valence-corrected chi connectivity index (χ0v) is 12.2. The van der Waals surface area contributed by atoms with Gasteiger partial charge in [-0.1, -0.05) is 6.92 Å².